The van der Waals surface area contributed by atoms with Crippen LogP contribution in [0.3, 0.4) is 0 Å². The molecule has 0 radical (unpaired) electrons. The van der Waals surface area contributed by atoms with Gasteiger partial charge in [-0.1, -0.05) is 80.1 Å². The van der Waals surface area contributed by atoms with Crippen molar-refractivity contribution in [1.29, 1.82) is 0 Å². The summed E-state index contributed by atoms with van der Waals surface area (Å²) in [6.07, 6.45) is 3.24. The van der Waals surface area contributed by atoms with Gasteiger partial charge in [0.15, 0.2) is 11.5 Å². The lowest BCUT2D eigenvalue weighted by molar-refractivity contribution is -0.138. The molecule has 1 heterocycles. The van der Waals surface area contributed by atoms with Crippen molar-refractivity contribution in [2.45, 2.75) is 44.7 Å². The maximum Gasteiger partial charge on any atom is 0.235 e. The molecule has 0 aromatic heterocycles. The monoisotopic (exact) mass is 457 g/mol. The van der Waals surface area contributed by atoms with Crippen molar-refractivity contribution in [3.05, 3.63) is 95.1 Å². The first-order valence-corrected chi connectivity index (χ1v) is 11.8. The van der Waals surface area contributed by atoms with Crippen molar-refractivity contribution < 1.29 is 19.1 Å². The summed E-state index contributed by atoms with van der Waals surface area (Å²) < 4.78 is 11.6. The quantitative estimate of drug-likeness (QED) is 0.329. The van der Waals surface area contributed by atoms with E-state index in [0.717, 1.165) is 41.4 Å². The van der Waals surface area contributed by atoms with Gasteiger partial charge >= 0.3 is 0 Å². The molecule has 5 heteroatoms. The lowest BCUT2D eigenvalue weighted by Gasteiger charge is -2.37. The van der Waals surface area contributed by atoms with Gasteiger partial charge in [0.1, 0.15) is 6.29 Å². The third-order valence-corrected chi connectivity index (χ3v) is 6.39. The van der Waals surface area contributed by atoms with Gasteiger partial charge < -0.3 is 19.2 Å². The van der Waals surface area contributed by atoms with E-state index < -0.39 is 12.0 Å². The number of benzene rings is 3. The summed E-state index contributed by atoms with van der Waals surface area (Å²) in [5.74, 6) is 0.787. The molecule has 176 valence electrons. The Kier molecular flexibility index (Phi) is 7.63. The number of nitrogens with zero attached hydrogens (tertiary/aromatic N) is 1. The number of carbonyl (C=O) groups is 2. The highest BCUT2D eigenvalue weighted by molar-refractivity contribution is 5.89. The molecule has 4 rings (SSSR count). The maximum atomic E-state index is 14.0. The number of ether oxygens (including phenoxy) is 2. The van der Waals surface area contributed by atoms with Crippen molar-refractivity contribution >= 4 is 12.2 Å². The highest BCUT2D eigenvalue weighted by atomic mass is 16.5. The Morgan fingerprint density at radius 1 is 1.03 bits per heavy atom. The van der Waals surface area contributed by atoms with Crippen molar-refractivity contribution in [2.75, 3.05) is 13.7 Å². The van der Waals surface area contributed by atoms with Gasteiger partial charge in [-0.3, -0.25) is 4.79 Å². The Morgan fingerprint density at radius 3 is 2.24 bits per heavy atom. The van der Waals surface area contributed by atoms with Crippen LogP contribution in [0.4, 0.5) is 0 Å². The fraction of sp³-hybridized carbons (Fsp3) is 0.310. The number of aldehydes is 1. The van der Waals surface area contributed by atoms with E-state index >= 15 is 0 Å². The van der Waals surface area contributed by atoms with Crippen LogP contribution in [0.25, 0.3) is 0 Å². The zero-order valence-electron chi connectivity index (χ0n) is 19.8. The van der Waals surface area contributed by atoms with E-state index in [1.807, 2.05) is 72.8 Å². The standard InChI is InChI=1S/C29H31NO4/c1-3-4-17-34-28-25-18-24(20-31)30(19-23(25)15-16-26(28)33-2)29(32)27(21-11-7-5-8-12-21)22-13-9-6-10-14-22/h5-16,20,24,27H,3-4,17-19H2,1-2H3/t24-/m0/s1. The van der Waals surface area contributed by atoms with Crippen LogP contribution in [0.5, 0.6) is 11.5 Å². The van der Waals surface area contributed by atoms with E-state index in [9.17, 15) is 9.59 Å². The Labute approximate surface area is 201 Å². The molecular weight excluding hydrogens is 426 g/mol. The van der Waals surface area contributed by atoms with Gasteiger partial charge in [-0.2, -0.15) is 0 Å². The molecule has 3 aromatic carbocycles. The molecule has 3 aromatic rings. The van der Waals surface area contributed by atoms with Crippen molar-refractivity contribution in [3.63, 3.8) is 0 Å². The van der Waals surface area contributed by atoms with Crippen LogP contribution in [0.15, 0.2) is 72.8 Å². The topological polar surface area (TPSA) is 55.8 Å². The van der Waals surface area contributed by atoms with Crippen LogP contribution in [0.2, 0.25) is 0 Å². The predicted octanol–water partition coefficient (Wildman–Crippen LogP) is 5.16. The van der Waals surface area contributed by atoms with E-state index in [-0.39, 0.29) is 5.91 Å². The van der Waals surface area contributed by atoms with Crippen LogP contribution in [0.1, 0.15) is 47.9 Å². The maximum absolute atomic E-state index is 14.0. The molecule has 0 spiro atoms. The zero-order chi connectivity index (χ0) is 23.9. The number of hydrogen-bond donors (Lipinski definition) is 0. The molecule has 0 saturated carbocycles. The van der Waals surface area contributed by atoms with Gasteiger partial charge in [0, 0.05) is 18.5 Å². The summed E-state index contributed by atoms with van der Waals surface area (Å²) in [4.78, 5) is 28.0. The first-order chi connectivity index (χ1) is 16.7. The Hall–Kier alpha value is -3.60. The first-order valence-electron chi connectivity index (χ1n) is 11.8. The third-order valence-electron chi connectivity index (χ3n) is 6.39. The fourth-order valence-electron chi connectivity index (χ4n) is 4.57. The average molecular weight is 458 g/mol. The minimum atomic E-state index is -0.574. The number of unbranched alkanes of at least 4 members (excludes halogenated alkanes) is 1. The molecule has 0 bridgehead atoms. The Bertz CT molecular complexity index is 1070. The molecule has 1 atom stereocenters. The highest BCUT2D eigenvalue weighted by Gasteiger charge is 2.36. The van der Waals surface area contributed by atoms with Crippen LogP contribution in [-0.2, 0) is 22.6 Å². The smallest absolute Gasteiger partial charge is 0.235 e. The van der Waals surface area contributed by atoms with Crippen LogP contribution in [0, 0.1) is 0 Å². The molecular formula is C29H31NO4. The molecule has 5 nitrogen and oxygen atoms in total. The van der Waals surface area contributed by atoms with Crippen LogP contribution < -0.4 is 9.47 Å². The molecule has 0 fully saturated rings. The van der Waals surface area contributed by atoms with E-state index in [4.69, 9.17) is 9.47 Å². The summed E-state index contributed by atoms with van der Waals surface area (Å²) in [6, 6.07) is 22.8. The molecule has 34 heavy (non-hydrogen) atoms. The average Bonchev–Trinajstić information content (AvgIpc) is 2.89. The normalized spacial score (nSPS) is 15.0. The summed E-state index contributed by atoms with van der Waals surface area (Å²) in [5.41, 5.74) is 3.76. The molecule has 1 aliphatic heterocycles. The molecule has 0 saturated heterocycles. The van der Waals surface area contributed by atoms with Crippen molar-refractivity contribution in [1.82, 2.24) is 4.90 Å². The van der Waals surface area contributed by atoms with Gasteiger partial charge in [0.25, 0.3) is 0 Å². The largest absolute Gasteiger partial charge is 0.493 e. The van der Waals surface area contributed by atoms with E-state index in [1.54, 1.807) is 12.0 Å². The third kappa shape index (κ3) is 4.84. The van der Waals surface area contributed by atoms with Gasteiger partial charge in [0.05, 0.1) is 25.7 Å². The number of amides is 1. The zero-order valence-corrected chi connectivity index (χ0v) is 19.8. The van der Waals surface area contributed by atoms with Gasteiger partial charge in [-0.25, -0.2) is 0 Å². The second kappa shape index (κ2) is 11.0. The first kappa shape index (κ1) is 23.6. The number of methoxy groups -OCH3 is 1. The Balaban J connectivity index is 1.71. The molecule has 0 aliphatic carbocycles. The lowest BCUT2D eigenvalue weighted by Crippen LogP contribution is -2.47. The second-order valence-corrected chi connectivity index (χ2v) is 8.56. The number of carbonyl (C=O) groups excluding carboxylic acids is 2. The number of fused-ring (bicyclic) bond motifs is 1. The van der Waals surface area contributed by atoms with Crippen molar-refractivity contribution in [3.8, 4) is 11.5 Å². The number of hydrogen-bond acceptors (Lipinski definition) is 4. The highest BCUT2D eigenvalue weighted by Crippen LogP contribution is 2.39. The van der Waals surface area contributed by atoms with Gasteiger partial charge in [0.2, 0.25) is 5.91 Å². The molecule has 0 unspecified atom stereocenters. The van der Waals surface area contributed by atoms with Crippen LogP contribution in [-0.4, -0.2) is 36.9 Å². The van der Waals surface area contributed by atoms with E-state index in [2.05, 4.69) is 6.92 Å². The summed E-state index contributed by atoms with van der Waals surface area (Å²) in [7, 11) is 1.62. The lowest BCUT2D eigenvalue weighted by atomic mass is 9.87. The van der Waals surface area contributed by atoms with Crippen molar-refractivity contribution in [2.24, 2.45) is 0 Å². The minimum Gasteiger partial charge on any atom is -0.493 e. The fourth-order valence-corrected chi connectivity index (χ4v) is 4.57. The second-order valence-electron chi connectivity index (χ2n) is 8.56. The summed E-state index contributed by atoms with van der Waals surface area (Å²) in [6.45, 7) is 3.05. The van der Waals surface area contributed by atoms with Gasteiger partial charge in [-0.05, 0) is 29.2 Å². The molecule has 1 amide bonds. The summed E-state index contributed by atoms with van der Waals surface area (Å²) in [5, 5.41) is 0. The minimum absolute atomic E-state index is 0.0792. The predicted molar refractivity (Wildman–Crippen MR) is 132 cm³/mol. The Morgan fingerprint density at radius 2 is 1.68 bits per heavy atom. The summed E-state index contributed by atoms with van der Waals surface area (Å²) >= 11 is 0. The van der Waals surface area contributed by atoms with Gasteiger partial charge in [-0.15, -0.1) is 0 Å². The molecule has 1 aliphatic rings. The number of rotatable bonds is 9. The van der Waals surface area contributed by atoms with E-state index in [0.29, 0.717) is 31.1 Å². The van der Waals surface area contributed by atoms with E-state index in [1.165, 1.54) is 0 Å². The SMILES string of the molecule is CCCCOc1c(OC)ccc2c1C[C@@H](C=O)N(C(=O)C(c1ccccc1)c1ccccc1)C2. The molecule has 0 N–H and O–H groups in total. The van der Waals surface area contributed by atoms with Crippen LogP contribution >= 0.6 is 0 Å².